The summed E-state index contributed by atoms with van der Waals surface area (Å²) >= 11 is 0. The summed E-state index contributed by atoms with van der Waals surface area (Å²) in [6, 6.07) is 0. The molecule has 1 aromatic rings. The van der Waals surface area contributed by atoms with Gasteiger partial charge in [-0.25, -0.2) is 0 Å². The van der Waals surface area contributed by atoms with Gasteiger partial charge in [0.2, 0.25) is 0 Å². The molecule has 0 saturated heterocycles. The van der Waals surface area contributed by atoms with Crippen molar-refractivity contribution in [2.24, 2.45) is 7.05 Å². The highest BCUT2D eigenvalue weighted by Gasteiger charge is 2.20. The van der Waals surface area contributed by atoms with Gasteiger partial charge < -0.3 is 10.1 Å². The van der Waals surface area contributed by atoms with Crippen molar-refractivity contribution in [3.63, 3.8) is 0 Å². The minimum Gasteiger partial charge on any atom is -0.453 e. The smallest absolute Gasteiger partial charge is 0.306 e. The minimum atomic E-state index is -0.807. The molecule has 1 heterocycles. The summed E-state index contributed by atoms with van der Waals surface area (Å²) in [5.41, 5.74) is 2.27. The van der Waals surface area contributed by atoms with Crippen LogP contribution in [0.25, 0.3) is 0 Å². The Morgan fingerprint density at radius 3 is 2.53 bits per heavy atom. The molecule has 0 aliphatic rings. The number of aromatic nitrogens is 2. The molecule has 106 valence electrons. The Hall–Kier alpha value is -1.85. The SMILES string of the molecule is CCCC(=O)OC(C)C(=O)Nc1c(C)nn(C)c1C. The lowest BCUT2D eigenvalue weighted by atomic mass is 10.3. The van der Waals surface area contributed by atoms with Crippen molar-refractivity contribution in [1.82, 2.24) is 9.78 Å². The first-order valence-electron chi connectivity index (χ1n) is 6.37. The Morgan fingerprint density at radius 2 is 2.05 bits per heavy atom. The van der Waals surface area contributed by atoms with Gasteiger partial charge >= 0.3 is 5.97 Å². The van der Waals surface area contributed by atoms with Crippen LogP contribution in [0.5, 0.6) is 0 Å². The average molecular weight is 267 g/mol. The van der Waals surface area contributed by atoms with Crippen LogP contribution in [0.3, 0.4) is 0 Å². The number of carbonyl (C=O) groups is 2. The topological polar surface area (TPSA) is 73.2 Å². The van der Waals surface area contributed by atoms with Crippen LogP contribution in [-0.4, -0.2) is 27.8 Å². The maximum Gasteiger partial charge on any atom is 0.306 e. The van der Waals surface area contributed by atoms with E-state index in [1.165, 1.54) is 0 Å². The number of hydrogen-bond acceptors (Lipinski definition) is 4. The van der Waals surface area contributed by atoms with Crippen LogP contribution in [0, 0.1) is 13.8 Å². The number of hydrogen-bond donors (Lipinski definition) is 1. The summed E-state index contributed by atoms with van der Waals surface area (Å²) in [7, 11) is 1.81. The Labute approximate surface area is 113 Å². The van der Waals surface area contributed by atoms with Crippen molar-refractivity contribution in [2.75, 3.05) is 5.32 Å². The standard InChI is InChI=1S/C13H21N3O3/c1-6-7-11(17)19-10(4)13(18)14-12-8(2)15-16(5)9(12)3/h10H,6-7H2,1-5H3,(H,14,18). The van der Waals surface area contributed by atoms with E-state index in [2.05, 4.69) is 10.4 Å². The number of ether oxygens (including phenoxy) is 1. The highest BCUT2D eigenvalue weighted by Crippen LogP contribution is 2.18. The van der Waals surface area contributed by atoms with Crippen molar-refractivity contribution >= 4 is 17.6 Å². The summed E-state index contributed by atoms with van der Waals surface area (Å²) in [5.74, 6) is -0.701. The molecule has 0 aliphatic carbocycles. The highest BCUT2D eigenvalue weighted by atomic mass is 16.5. The van der Waals surface area contributed by atoms with Crippen LogP contribution in [-0.2, 0) is 21.4 Å². The highest BCUT2D eigenvalue weighted by molar-refractivity contribution is 5.96. The van der Waals surface area contributed by atoms with Gasteiger partial charge in [0, 0.05) is 13.5 Å². The first-order valence-corrected chi connectivity index (χ1v) is 6.37. The van der Waals surface area contributed by atoms with Crippen LogP contribution in [0.1, 0.15) is 38.1 Å². The van der Waals surface area contributed by atoms with Gasteiger partial charge in [-0.15, -0.1) is 0 Å². The molecular formula is C13H21N3O3. The first-order chi connectivity index (χ1) is 8.86. The van der Waals surface area contributed by atoms with Crippen LogP contribution in [0.4, 0.5) is 5.69 Å². The van der Waals surface area contributed by atoms with E-state index in [0.717, 1.165) is 11.4 Å². The quantitative estimate of drug-likeness (QED) is 0.824. The number of anilines is 1. The molecule has 19 heavy (non-hydrogen) atoms. The van der Waals surface area contributed by atoms with Crippen molar-refractivity contribution in [3.8, 4) is 0 Å². The molecule has 6 nitrogen and oxygen atoms in total. The molecule has 0 radical (unpaired) electrons. The molecule has 1 rings (SSSR count). The van der Waals surface area contributed by atoms with Crippen LogP contribution in [0.15, 0.2) is 0 Å². The molecule has 0 bridgehead atoms. The summed E-state index contributed by atoms with van der Waals surface area (Å²) in [5, 5.41) is 6.95. The molecule has 0 fully saturated rings. The predicted molar refractivity (Wildman–Crippen MR) is 71.8 cm³/mol. The maximum atomic E-state index is 11.9. The van der Waals surface area contributed by atoms with Crippen LogP contribution < -0.4 is 5.32 Å². The molecule has 1 aromatic heterocycles. The number of amides is 1. The number of esters is 1. The van der Waals surface area contributed by atoms with Gasteiger partial charge in [-0.2, -0.15) is 5.10 Å². The summed E-state index contributed by atoms with van der Waals surface area (Å²) < 4.78 is 6.73. The second-order valence-corrected chi connectivity index (χ2v) is 4.54. The molecule has 0 saturated carbocycles. The third-order valence-electron chi connectivity index (χ3n) is 2.89. The fourth-order valence-electron chi connectivity index (χ4n) is 1.69. The number of nitrogens with zero attached hydrogens (tertiary/aromatic N) is 2. The molecule has 1 amide bonds. The van der Waals surface area contributed by atoms with Crippen LogP contribution in [0.2, 0.25) is 0 Å². The fourth-order valence-corrected chi connectivity index (χ4v) is 1.69. The van der Waals surface area contributed by atoms with Gasteiger partial charge in [-0.1, -0.05) is 6.92 Å². The van der Waals surface area contributed by atoms with E-state index in [9.17, 15) is 9.59 Å². The number of aryl methyl sites for hydroxylation is 2. The van der Waals surface area contributed by atoms with Gasteiger partial charge in [-0.3, -0.25) is 14.3 Å². The van der Waals surface area contributed by atoms with Gasteiger partial charge in [0.15, 0.2) is 6.10 Å². The molecule has 1 N–H and O–H groups in total. The second-order valence-electron chi connectivity index (χ2n) is 4.54. The maximum absolute atomic E-state index is 11.9. The lowest BCUT2D eigenvalue weighted by Gasteiger charge is -2.13. The lowest BCUT2D eigenvalue weighted by Crippen LogP contribution is -2.30. The Balaban J connectivity index is 2.66. The number of nitrogens with one attached hydrogen (secondary N) is 1. The van der Waals surface area contributed by atoms with Crippen molar-refractivity contribution in [2.45, 2.75) is 46.6 Å². The summed E-state index contributed by atoms with van der Waals surface area (Å²) in [6.45, 7) is 7.12. The normalized spacial score (nSPS) is 12.1. The molecule has 0 aromatic carbocycles. The van der Waals surface area contributed by atoms with Crippen molar-refractivity contribution in [1.29, 1.82) is 0 Å². The van der Waals surface area contributed by atoms with E-state index >= 15 is 0 Å². The Bertz CT molecular complexity index is 480. The molecular weight excluding hydrogens is 246 g/mol. The Morgan fingerprint density at radius 1 is 1.42 bits per heavy atom. The number of carbonyl (C=O) groups excluding carboxylic acids is 2. The molecule has 1 atom stereocenters. The van der Waals surface area contributed by atoms with E-state index in [0.29, 0.717) is 18.5 Å². The largest absolute Gasteiger partial charge is 0.453 e. The Kier molecular flexibility index (Phi) is 5.09. The van der Waals surface area contributed by atoms with Crippen molar-refractivity contribution < 1.29 is 14.3 Å². The van der Waals surface area contributed by atoms with Crippen molar-refractivity contribution in [3.05, 3.63) is 11.4 Å². The monoisotopic (exact) mass is 267 g/mol. The zero-order valence-corrected chi connectivity index (χ0v) is 12.1. The first kappa shape index (κ1) is 15.2. The van der Waals surface area contributed by atoms with Crippen LogP contribution >= 0.6 is 0 Å². The minimum absolute atomic E-state index is 0.322. The van der Waals surface area contributed by atoms with E-state index in [4.69, 9.17) is 4.74 Å². The molecule has 1 unspecified atom stereocenters. The van der Waals surface area contributed by atoms with Gasteiger partial charge in [-0.05, 0) is 27.2 Å². The van der Waals surface area contributed by atoms with Gasteiger partial charge in [0.05, 0.1) is 17.1 Å². The number of rotatable bonds is 5. The zero-order chi connectivity index (χ0) is 14.6. The van der Waals surface area contributed by atoms with E-state index in [1.807, 2.05) is 27.8 Å². The third-order valence-corrected chi connectivity index (χ3v) is 2.89. The van der Waals surface area contributed by atoms with Gasteiger partial charge in [0.1, 0.15) is 0 Å². The summed E-state index contributed by atoms with van der Waals surface area (Å²) in [4.78, 5) is 23.3. The molecule has 0 spiro atoms. The fraction of sp³-hybridized carbons (Fsp3) is 0.615. The van der Waals surface area contributed by atoms with E-state index in [-0.39, 0.29) is 11.9 Å². The second kappa shape index (κ2) is 6.36. The third kappa shape index (κ3) is 3.81. The molecule has 0 aliphatic heterocycles. The summed E-state index contributed by atoms with van der Waals surface area (Å²) in [6.07, 6.45) is 0.217. The van der Waals surface area contributed by atoms with E-state index in [1.54, 1.807) is 11.6 Å². The average Bonchev–Trinajstić information content (AvgIpc) is 2.56. The van der Waals surface area contributed by atoms with Gasteiger partial charge in [0.25, 0.3) is 5.91 Å². The molecule has 6 heteroatoms. The lowest BCUT2D eigenvalue weighted by molar-refractivity contribution is -0.153. The van der Waals surface area contributed by atoms with E-state index < -0.39 is 6.10 Å². The zero-order valence-electron chi connectivity index (χ0n) is 12.1. The predicted octanol–water partition coefficient (Wildman–Crippen LogP) is 1.71.